The lowest BCUT2D eigenvalue weighted by Gasteiger charge is -2.12. The molecule has 1 aliphatic heterocycles. The number of likely N-dealkylation sites (N-methyl/N-ethyl adjacent to an activating group) is 1. The molecule has 0 N–H and O–H groups in total. The number of ether oxygens (including phenoxy) is 2. The van der Waals surface area contributed by atoms with Gasteiger partial charge in [0.1, 0.15) is 22.4 Å². The third kappa shape index (κ3) is 4.35. The number of nitrogens with zero attached hydrogens (tertiary/aromatic N) is 2. The first kappa shape index (κ1) is 19.9. The van der Waals surface area contributed by atoms with Gasteiger partial charge < -0.3 is 9.47 Å². The van der Waals surface area contributed by atoms with E-state index in [2.05, 4.69) is 6.07 Å². The Kier molecular flexibility index (Phi) is 6.34. The van der Waals surface area contributed by atoms with Crippen molar-refractivity contribution in [3.05, 3.63) is 64.1 Å². The molecular weight excluding hydrogens is 392 g/mol. The first-order chi connectivity index (χ1) is 13.5. The zero-order chi connectivity index (χ0) is 20.1. The van der Waals surface area contributed by atoms with E-state index in [0.717, 1.165) is 11.1 Å². The maximum atomic E-state index is 12.4. The average molecular weight is 411 g/mol. The van der Waals surface area contributed by atoms with Crippen LogP contribution >= 0.6 is 24.0 Å². The lowest BCUT2D eigenvalue weighted by Crippen LogP contribution is -2.27. The molecule has 3 rings (SSSR count). The molecule has 0 radical (unpaired) electrons. The molecular formula is C21H18N2O3S2. The summed E-state index contributed by atoms with van der Waals surface area (Å²) < 4.78 is 11.8. The first-order valence-electron chi connectivity index (χ1n) is 8.61. The standard InChI is InChI=1S/C21H18N2O3S2/c1-3-23-20(24)19(28-21(23)27)11-15-6-9-18(25-2)16(10-15)13-26-17-7-4-14(12-22)5-8-17/h4-11H,3,13H2,1-2H3. The highest BCUT2D eigenvalue weighted by Gasteiger charge is 2.30. The lowest BCUT2D eigenvalue weighted by molar-refractivity contribution is -0.121. The number of carbonyl (C=O) groups excluding carboxylic acids is 1. The number of rotatable bonds is 6. The summed E-state index contributed by atoms with van der Waals surface area (Å²) in [7, 11) is 1.60. The van der Waals surface area contributed by atoms with E-state index in [1.807, 2.05) is 31.2 Å². The largest absolute Gasteiger partial charge is 0.496 e. The second-order valence-corrected chi connectivity index (χ2v) is 7.60. The van der Waals surface area contributed by atoms with Crippen LogP contribution in [0.3, 0.4) is 0 Å². The molecule has 0 atom stereocenters. The van der Waals surface area contributed by atoms with Gasteiger partial charge in [-0.05, 0) is 55.0 Å². The van der Waals surface area contributed by atoms with Crippen LogP contribution in [0.5, 0.6) is 11.5 Å². The van der Waals surface area contributed by atoms with Crippen molar-refractivity contribution >= 4 is 40.3 Å². The molecule has 1 amide bonds. The maximum absolute atomic E-state index is 12.4. The molecule has 0 bridgehead atoms. The number of thioether (sulfide) groups is 1. The zero-order valence-electron chi connectivity index (χ0n) is 15.5. The summed E-state index contributed by atoms with van der Waals surface area (Å²) in [6.07, 6.45) is 1.83. The third-order valence-corrected chi connectivity index (χ3v) is 5.55. The Labute approximate surface area is 173 Å². The maximum Gasteiger partial charge on any atom is 0.266 e. The molecule has 1 heterocycles. The van der Waals surface area contributed by atoms with Crippen LogP contribution in [0.1, 0.15) is 23.6 Å². The summed E-state index contributed by atoms with van der Waals surface area (Å²) >= 11 is 6.57. The smallest absolute Gasteiger partial charge is 0.266 e. The van der Waals surface area contributed by atoms with Crippen molar-refractivity contribution in [3.63, 3.8) is 0 Å². The number of benzene rings is 2. The van der Waals surface area contributed by atoms with Crippen LogP contribution < -0.4 is 9.47 Å². The second-order valence-electron chi connectivity index (χ2n) is 5.92. The summed E-state index contributed by atoms with van der Waals surface area (Å²) in [5, 5.41) is 8.87. The molecule has 2 aromatic rings. The number of carbonyl (C=O) groups is 1. The van der Waals surface area contributed by atoms with Crippen molar-refractivity contribution in [1.82, 2.24) is 4.90 Å². The van der Waals surface area contributed by atoms with E-state index < -0.39 is 0 Å². The molecule has 0 saturated carbocycles. The van der Waals surface area contributed by atoms with E-state index in [4.69, 9.17) is 27.0 Å². The van der Waals surface area contributed by atoms with Gasteiger partial charge in [0.15, 0.2) is 0 Å². The fraction of sp³-hybridized carbons (Fsp3) is 0.190. The molecule has 0 aromatic heterocycles. The van der Waals surface area contributed by atoms with Crippen molar-refractivity contribution in [1.29, 1.82) is 5.26 Å². The molecule has 1 aliphatic rings. The van der Waals surface area contributed by atoms with Crippen molar-refractivity contribution in [2.24, 2.45) is 0 Å². The normalized spacial score (nSPS) is 15.0. The summed E-state index contributed by atoms with van der Waals surface area (Å²) in [5.41, 5.74) is 2.30. The minimum Gasteiger partial charge on any atom is -0.496 e. The molecule has 0 unspecified atom stereocenters. The first-order valence-corrected chi connectivity index (χ1v) is 9.83. The van der Waals surface area contributed by atoms with Gasteiger partial charge in [-0.25, -0.2) is 0 Å². The minimum atomic E-state index is -0.0660. The van der Waals surface area contributed by atoms with Gasteiger partial charge in [-0.15, -0.1) is 0 Å². The third-order valence-electron chi connectivity index (χ3n) is 4.17. The second kappa shape index (κ2) is 8.91. The van der Waals surface area contributed by atoms with Crippen molar-refractivity contribution in [2.75, 3.05) is 13.7 Å². The fourth-order valence-electron chi connectivity index (χ4n) is 2.71. The topological polar surface area (TPSA) is 62.6 Å². The Morgan fingerprint density at radius 2 is 2.00 bits per heavy atom. The highest BCUT2D eigenvalue weighted by Crippen LogP contribution is 2.33. The predicted molar refractivity (Wildman–Crippen MR) is 114 cm³/mol. The number of amides is 1. The number of methoxy groups -OCH3 is 1. The van der Waals surface area contributed by atoms with Gasteiger partial charge >= 0.3 is 0 Å². The zero-order valence-corrected chi connectivity index (χ0v) is 17.1. The van der Waals surface area contributed by atoms with Crippen LogP contribution in [0, 0.1) is 11.3 Å². The number of hydrogen-bond acceptors (Lipinski definition) is 6. The summed E-state index contributed by atoms with van der Waals surface area (Å²) in [5.74, 6) is 1.30. The Hall–Kier alpha value is -2.82. The molecule has 1 saturated heterocycles. The van der Waals surface area contributed by atoms with Gasteiger partial charge in [0.05, 0.1) is 23.6 Å². The molecule has 2 aromatic carbocycles. The summed E-state index contributed by atoms with van der Waals surface area (Å²) in [6.45, 7) is 2.76. The van der Waals surface area contributed by atoms with Crippen molar-refractivity contribution < 1.29 is 14.3 Å². The van der Waals surface area contributed by atoms with E-state index in [0.29, 0.717) is 39.4 Å². The van der Waals surface area contributed by atoms with E-state index in [1.54, 1.807) is 36.3 Å². The van der Waals surface area contributed by atoms with Gasteiger partial charge in [-0.3, -0.25) is 9.69 Å². The molecule has 5 nitrogen and oxygen atoms in total. The quantitative estimate of drug-likeness (QED) is 0.521. The molecule has 28 heavy (non-hydrogen) atoms. The van der Waals surface area contributed by atoms with Crippen LogP contribution in [0.4, 0.5) is 0 Å². The van der Waals surface area contributed by atoms with Crippen LogP contribution in [-0.2, 0) is 11.4 Å². The number of nitriles is 1. The van der Waals surface area contributed by atoms with Gasteiger partial charge in [-0.1, -0.05) is 30.0 Å². The van der Waals surface area contributed by atoms with Crippen molar-refractivity contribution in [3.8, 4) is 17.6 Å². The monoisotopic (exact) mass is 410 g/mol. The summed E-state index contributed by atoms with van der Waals surface area (Å²) in [6, 6.07) is 14.7. The van der Waals surface area contributed by atoms with E-state index >= 15 is 0 Å². The molecule has 0 aliphatic carbocycles. The summed E-state index contributed by atoms with van der Waals surface area (Å²) in [4.78, 5) is 14.6. The number of thiocarbonyl (C=S) groups is 1. The Bertz CT molecular complexity index is 978. The highest BCUT2D eigenvalue weighted by molar-refractivity contribution is 8.26. The van der Waals surface area contributed by atoms with Crippen LogP contribution in [0.2, 0.25) is 0 Å². The lowest BCUT2D eigenvalue weighted by atomic mass is 10.1. The van der Waals surface area contributed by atoms with E-state index in [9.17, 15) is 4.79 Å². The molecule has 142 valence electrons. The minimum absolute atomic E-state index is 0.0660. The molecule has 0 spiro atoms. The SMILES string of the molecule is CCN1C(=O)C(=Cc2ccc(OC)c(COc3ccc(C#N)cc3)c2)SC1=S. The Morgan fingerprint density at radius 3 is 2.61 bits per heavy atom. The van der Waals surface area contributed by atoms with Crippen LogP contribution in [0.25, 0.3) is 6.08 Å². The van der Waals surface area contributed by atoms with Gasteiger partial charge in [0.25, 0.3) is 5.91 Å². The fourth-order valence-corrected chi connectivity index (χ4v) is 4.10. The van der Waals surface area contributed by atoms with Crippen LogP contribution in [0.15, 0.2) is 47.4 Å². The molecule has 7 heteroatoms. The number of hydrogen-bond donors (Lipinski definition) is 0. The van der Waals surface area contributed by atoms with Crippen molar-refractivity contribution in [2.45, 2.75) is 13.5 Å². The molecule has 1 fully saturated rings. The highest BCUT2D eigenvalue weighted by atomic mass is 32.2. The van der Waals surface area contributed by atoms with E-state index in [-0.39, 0.29) is 5.91 Å². The Balaban J connectivity index is 1.80. The van der Waals surface area contributed by atoms with Gasteiger partial charge in [0.2, 0.25) is 0 Å². The van der Waals surface area contributed by atoms with E-state index in [1.165, 1.54) is 11.8 Å². The Morgan fingerprint density at radius 1 is 1.25 bits per heavy atom. The average Bonchev–Trinajstić information content (AvgIpc) is 2.99. The van der Waals surface area contributed by atoms with Crippen LogP contribution in [-0.4, -0.2) is 28.8 Å². The predicted octanol–water partition coefficient (Wildman–Crippen LogP) is 4.37. The van der Waals surface area contributed by atoms with Gasteiger partial charge in [0, 0.05) is 12.1 Å². The van der Waals surface area contributed by atoms with Gasteiger partial charge in [-0.2, -0.15) is 5.26 Å².